The van der Waals surface area contributed by atoms with Crippen molar-refractivity contribution in [3.05, 3.63) is 58.2 Å². The minimum Gasteiger partial charge on any atom is -0.360 e. The molecule has 0 unspecified atom stereocenters. The molecule has 9 heteroatoms. The second kappa shape index (κ2) is 7.84. The van der Waals surface area contributed by atoms with Gasteiger partial charge >= 0.3 is 5.69 Å². The van der Waals surface area contributed by atoms with Crippen molar-refractivity contribution in [3.63, 3.8) is 0 Å². The van der Waals surface area contributed by atoms with E-state index in [1.165, 1.54) is 16.3 Å². The summed E-state index contributed by atoms with van der Waals surface area (Å²) < 4.78 is 6.42. The molecule has 0 atom stereocenters. The van der Waals surface area contributed by atoms with Crippen molar-refractivity contribution < 1.29 is 9.32 Å². The molecule has 0 fully saturated rings. The minimum absolute atomic E-state index is 0.113. The molecule has 8 nitrogen and oxygen atoms in total. The van der Waals surface area contributed by atoms with E-state index in [1.54, 1.807) is 13.0 Å². The van der Waals surface area contributed by atoms with E-state index in [9.17, 15) is 9.59 Å². The first-order valence-corrected chi connectivity index (χ1v) is 8.65. The summed E-state index contributed by atoms with van der Waals surface area (Å²) in [7, 11) is 0. The molecular formula is C16H17N5O3S. The van der Waals surface area contributed by atoms with Gasteiger partial charge < -0.3 is 9.84 Å². The van der Waals surface area contributed by atoms with Gasteiger partial charge in [-0.1, -0.05) is 47.3 Å². The number of carbonyl (C=O) groups is 1. The number of hydrogen-bond donors (Lipinski definition) is 2. The van der Waals surface area contributed by atoms with Gasteiger partial charge in [0.25, 0.3) is 0 Å². The van der Waals surface area contributed by atoms with Gasteiger partial charge in [-0.25, -0.2) is 9.89 Å². The summed E-state index contributed by atoms with van der Waals surface area (Å²) in [5.41, 5.74) is 0.844. The van der Waals surface area contributed by atoms with Crippen LogP contribution in [-0.4, -0.2) is 31.6 Å². The van der Waals surface area contributed by atoms with Gasteiger partial charge in [-0.05, 0) is 18.9 Å². The van der Waals surface area contributed by atoms with Crippen LogP contribution in [0.2, 0.25) is 0 Å². The molecule has 0 aliphatic heterocycles. The molecular weight excluding hydrogens is 342 g/mol. The number of aromatic nitrogens is 4. The molecule has 2 N–H and O–H groups in total. The van der Waals surface area contributed by atoms with Crippen molar-refractivity contribution in [2.45, 2.75) is 25.0 Å². The van der Waals surface area contributed by atoms with E-state index in [2.05, 4.69) is 20.7 Å². The van der Waals surface area contributed by atoms with Crippen LogP contribution >= 0.6 is 11.8 Å². The maximum atomic E-state index is 12.0. The smallest absolute Gasteiger partial charge is 0.343 e. The monoisotopic (exact) mass is 359 g/mol. The van der Waals surface area contributed by atoms with E-state index in [0.717, 1.165) is 5.56 Å². The fourth-order valence-corrected chi connectivity index (χ4v) is 3.00. The van der Waals surface area contributed by atoms with Crippen molar-refractivity contribution in [1.82, 2.24) is 19.9 Å². The highest BCUT2D eigenvalue weighted by Gasteiger charge is 2.12. The molecule has 2 aromatic heterocycles. The Labute approximate surface area is 147 Å². The summed E-state index contributed by atoms with van der Waals surface area (Å²) in [5, 5.41) is 13.2. The third-order valence-electron chi connectivity index (χ3n) is 3.42. The number of nitrogens with one attached hydrogen (secondary N) is 2. The Morgan fingerprint density at radius 3 is 2.88 bits per heavy atom. The molecule has 0 bridgehead atoms. The molecule has 3 aromatic rings. The van der Waals surface area contributed by atoms with E-state index < -0.39 is 0 Å². The fraction of sp³-hybridized carbons (Fsp3) is 0.250. The van der Waals surface area contributed by atoms with Gasteiger partial charge in [0, 0.05) is 12.6 Å². The highest BCUT2D eigenvalue weighted by atomic mass is 32.2. The lowest BCUT2D eigenvalue weighted by atomic mass is 10.1. The summed E-state index contributed by atoms with van der Waals surface area (Å²) in [4.78, 5) is 23.9. The molecule has 0 spiro atoms. The van der Waals surface area contributed by atoms with Gasteiger partial charge in [-0.15, -0.1) is 5.10 Å². The van der Waals surface area contributed by atoms with Gasteiger partial charge in [0.05, 0.1) is 5.75 Å². The second-order valence-corrected chi connectivity index (χ2v) is 6.30. The van der Waals surface area contributed by atoms with Crippen molar-refractivity contribution in [3.8, 4) is 0 Å². The fourth-order valence-electron chi connectivity index (χ4n) is 2.23. The van der Waals surface area contributed by atoms with Crippen molar-refractivity contribution in [2.75, 3.05) is 11.1 Å². The van der Waals surface area contributed by atoms with E-state index >= 15 is 0 Å². The van der Waals surface area contributed by atoms with Crippen LogP contribution in [0.25, 0.3) is 0 Å². The quantitative estimate of drug-likeness (QED) is 0.624. The number of thioether (sulfide) groups is 1. The SMILES string of the molecule is Cc1cc(NC(=O)CSc2n[nH]c(=O)n2CCc2ccccc2)no1. The first-order chi connectivity index (χ1) is 12.1. The summed E-state index contributed by atoms with van der Waals surface area (Å²) in [5.74, 6) is 0.849. The number of H-pyrrole nitrogens is 1. The molecule has 1 amide bonds. The molecule has 0 saturated heterocycles. The predicted molar refractivity (Wildman–Crippen MR) is 93.6 cm³/mol. The van der Waals surface area contributed by atoms with Crippen LogP contribution in [0.1, 0.15) is 11.3 Å². The molecule has 130 valence electrons. The number of carbonyl (C=O) groups excluding carboxylic acids is 1. The number of aromatic amines is 1. The van der Waals surface area contributed by atoms with Gasteiger partial charge in [-0.3, -0.25) is 9.36 Å². The molecule has 0 aliphatic rings. The number of hydrogen-bond acceptors (Lipinski definition) is 6. The Bertz CT molecular complexity index is 900. The Morgan fingerprint density at radius 1 is 1.36 bits per heavy atom. The number of benzene rings is 1. The highest BCUT2D eigenvalue weighted by Crippen LogP contribution is 2.15. The van der Waals surface area contributed by atoms with E-state index in [4.69, 9.17) is 4.52 Å². The molecule has 0 radical (unpaired) electrons. The van der Waals surface area contributed by atoms with Crippen LogP contribution in [0.5, 0.6) is 0 Å². The number of aryl methyl sites for hydroxylation is 2. The molecule has 2 heterocycles. The average Bonchev–Trinajstić information content (AvgIpc) is 3.17. The number of amides is 1. The summed E-state index contributed by atoms with van der Waals surface area (Å²) in [6, 6.07) is 11.5. The third-order valence-corrected chi connectivity index (χ3v) is 4.39. The van der Waals surface area contributed by atoms with Gasteiger partial charge in [0.15, 0.2) is 11.0 Å². The van der Waals surface area contributed by atoms with Gasteiger partial charge in [0.1, 0.15) is 5.76 Å². The molecule has 3 rings (SSSR count). The van der Waals surface area contributed by atoms with Crippen LogP contribution in [0.15, 0.2) is 50.9 Å². The second-order valence-electron chi connectivity index (χ2n) is 5.36. The van der Waals surface area contributed by atoms with Crippen LogP contribution in [0.4, 0.5) is 5.82 Å². The summed E-state index contributed by atoms with van der Waals surface area (Å²) in [6.45, 7) is 2.23. The average molecular weight is 359 g/mol. The van der Waals surface area contributed by atoms with Crippen molar-refractivity contribution >= 4 is 23.5 Å². The van der Waals surface area contributed by atoms with Crippen molar-refractivity contribution in [2.24, 2.45) is 0 Å². The molecule has 0 aliphatic carbocycles. The number of nitrogens with zero attached hydrogens (tertiary/aromatic N) is 3. The van der Waals surface area contributed by atoms with Crippen LogP contribution in [-0.2, 0) is 17.8 Å². The first-order valence-electron chi connectivity index (χ1n) is 7.67. The van der Waals surface area contributed by atoms with Gasteiger partial charge in [0.2, 0.25) is 5.91 Å². The molecule has 25 heavy (non-hydrogen) atoms. The first kappa shape index (κ1) is 17.0. The zero-order valence-corrected chi connectivity index (χ0v) is 14.4. The van der Waals surface area contributed by atoms with Crippen LogP contribution < -0.4 is 11.0 Å². The maximum absolute atomic E-state index is 12.0. The topological polar surface area (TPSA) is 106 Å². The minimum atomic E-state index is -0.286. The zero-order valence-electron chi connectivity index (χ0n) is 13.6. The normalized spacial score (nSPS) is 10.8. The third kappa shape index (κ3) is 4.60. The Kier molecular flexibility index (Phi) is 5.34. The lowest BCUT2D eigenvalue weighted by molar-refractivity contribution is -0.113. The van der Waals surface area contributed by atoms with E-state index in [0.29, 0.717) is 29.7 Å². The van der Waals surface area contributed by atoms with Crippen LogP contribution in [0.3, 0.4) is 0 Å². The van der Waals surface area contributed by atoms with Crippen LogP contribution in [0, 0.1) is 6.92 Å². The predicted octanol–water partition coefficient (Wildman–Crippen LogP) is 1.84. The number of anilines is 1. The highest BCUT2D eigenvalue weighted by molar-refractivity contribution is 7.99. The molecule has 0 saturated carbocycles. The largest absolute Gasteiger partial charge is 0.360 e. The van der Waals surface area contributed by atoms with Gasteiger partial charge in [-0.2, -0.15) is 0 Å². The summed E-state index contributed by atoms with van der Waals surface area (Å²) in [6.07, 6.45) is 0.707. The summed E-state index contributed by atoms with van der Waals surface area (Å²) >= 11 is 1.19. The Morgan fingerprint density at radius 2 is 2.16 bits per heavy atom. The van der Waals surface area contributed by atoms with E-state index in [1.807, 2.05) is 30.3 Å². The maximum Gasteiger partial charge on any atom is 0.343 e. The Balaban J connectivity index is 1.57. The number of rotatable bonds is 7. The van der Waals surface area contributed by atoms with Crippen molar-refractivity contribution in [1.29, 1.82) is 0 Å². The lowest BCUT2D eigenvalue weighted by Crippen LogP contribution is -2.20. The zero-order chi connectivity index (χ0) is 17.6. The lowest BCUT2D eigenvalue weighted by Gasteiger charge is -2.05. The van der Waals surface area contributed by atoms with E-state index in [-0.39, 0.29) is 17.3 Å². The Hall–Kier alpha value is -2.81. The standard InChI is InChI=1S/C16H17N5O3S/c1-11-9-13(20-24-11)17-14(22)10-25-16-19-18-15(23)21(16)8-7-12-5-3-2-4-6-12/h2-6,9H,7-8,10H2,1H3,(H,18,23)(H,17,20,22). The molecule has 1 aromatic carbocycles.